The highest BCUT2D eigenvalue weighted by atomic mass is 32.1. The number of benzene rings is 1. The van der Waals surface area contributed by atoms with Gasteiger partial charge < -0.3 is 14.8 Å². The smallest absolute Gasteiger partial charge is 0.137 e. The van der Waals surface area contributed by atoms with E-state index in [1.807, 2.05) is 36.6 Å². The van der Waals surface area contributed by atoms with Crippen molar-refractivity contribution in [3.05, 3.63) is 58.5 Å². The number of fused-ring (bicyclic) bond motifs is 1. The first-order chi connectivity index (χ1) is 12.6. The number of nitrogens with zero attached hydrogens (tertiary/aromatic N) is 3. The molecule has 0 aliphatic rings. The van der Waals surface area contributed by atoms with Crippen LogP contribution in [0.2, 0.25) is 0 Å². The lowest BCUT2D eigenvalue weighted by Crippen LogP contribution is -2.02. The molecular weight excluding hydrogens is 348 g/mol. The zero-order chi connectivity index (χ0) is 18.1. The monoisotopic (exact) mass is 366 g/mol. The van der Waals surface area contributed by atoms with Gasteiger partial charge in [-0.3, -0.25) is 0 Å². The Hall–Kier alpha value is -2.77. The topological polar surface area (TPSA) is 84.1 Å². The molecule has 1 aromatic carbocycles. The normalized spacial score (nSPS) is 12.4. The first-order valence-electron chi connectivity index (χ1n) is 8.28. The number of hydrogen-bond acceptors (Lipinski definition) is 7. The van der Waals surface area contributed by atoms with Crippen LogP contribution in [0.15, 0.2) is 46.5 Å². The van der Waals surface area contributed by atoms with Crippen molar-refractivity contribution in [2.45, 2.75) is 26.5 Å². The number of aliphatic hydroxyl groups excluding tert-OH is 1. The summed E-state index contributed by atoms with van der Waals surface area (Å²) in [6.45, 7) is 4.28. The first-order valence-corrected chi connectivity index (χ1v) is 9.16. The van der Waals surface area contributed by atoms with Gasteiger partial charge in [-0.1, -0.05) is 0 Å². The van der Waals surface area contributed by atoms with E-state index >= 15 is 0 Å². The molecule has 6 nitrogen and oxygen atoms in total. The molecule has 4 rings (SSSR count). The van der Waals surface area contributed by atoms with E-state index in [0.29, 0.717) is 18.1 Å². The molecule has 0 fully saturated rings. The number of rotatable bonds is 5. The molecule has 1 atom stereocenters. The zero-order valence-electron chi connectivity index (χ0n) is 14.4. The summed E-state index contributed by atoms with van der Waals surface area (Å²) in [5.74, 6) is 2.00. The van der Waals surface area contributed by atoms with Crippen LogP contribution in [0, 0.1) is 6.92 Å². The Morgan fingerprint density at radius 3 is 2.85 bits per heavy atom. The van der Waals surface area contributed by atoms with Gasteiger partial charge in [0.25, 0.3) is 0 Å². The van der Waals surface area contributed by atoms with E-state index in [-0.39, 0.29) is 0 Å². The quantitative estimate of drug-likeness (QED) is 0.547. The van der Waals surface area contributed by atoms with E-state index in [1.54, 1.807) is 30.7 Å². The molecule has 4 aromatic rings. The number of furan rings is 1. The summed E-state index contributed by atoms with van der Waals surface area (Å²) in [5.41, 5.74) is 2.78. The summed E-state index contributed by atoms with van der Waals surface area (Å²) in [7, 11) is 0. The van der Waals surface area contributed by atoms with Crippen LogP contribution in [-0.2, 0) is 6.54 Å². The maximum atomic E-state index is 9.65. The highest BCUT2D eigenvalue weighted by Crippen LogP contribution is 2.29. The minimum absolute atomic E-state index is 0.543. The van der Waals surface area contributed by atoms with Gasteiger partial charge in [0.05, 0.1) is 12.1 Å². The summed E-state index contributed by atoms with van der Waals surface area (Å²) < 4.78 is 5.73. The largest absolute Gasteiger partial charge is 0.458 e. The second kappa shape index (κ2) is 6.86. The van der Waals surface area contributed by atoms with Gasteiger partial charge in [-0.25, -0.2) is 15.0 Å². The average Bonchev–Trinajstić information content (AvgIpc) is 3.29. The van der Waals surface area contributed by atoms with Crippen LogP contribution in [0.5, 0.6) is 0 Å². The summed E-state index contributed by atoms with van der Waals surface area (Å²) in [5, 5.41) is 17.0. The summed E-state index contributed by atoms with van der Waals surface area (Å²) >= 11 is 1.62. The van der Waals surface area contributed by atoms with Crippen molar-refractivity contribution in [3.8, 4) is 11.3 Å². The fourth-order valence-electron chi connectivity index (χ4n) is 2.73. The number of thiazole rings is 1. The van der Waals surface area contributed by atoms with Crippen molar-refractivity contribution in [3.63, 3.8) is 0 Å². The van der Waals surface area contributed by atoms with Gasteiger partial charge >= 0.3 is 0 Å². The van der Waals surface area contributed by atoms with Gasteiger partial charge in [0.2, 0.25) is 0 Å². The SMILES string of the molecule is Cc1csc(CNc2ncnc3ccc(-c4ccc(C(C)O)o4)cc23)n1. The fraction of sp³-hybridized carbons (Fsp3) is 0.211. The van der Waals surface area contributed by atoms with Crippen LogP contribution in [0.1, 0.15) is 29.5 Å². The Balaban J connectivity index is 1.67. The molecule has 0 amide bonds. The minimum Gasteiger partial charge on any atom is -0.458 e. The number of nitrogens with one attached hydrogen (secondary N) is 1. The van der Waals surface area contributed by atoms with E-state index < -0.39 is 6.10 Å². The lowest BCUT2D eigenvalue weighted by Gasteiger charge is -2.08. The van der Waals surface area contributed by atoms with E-state index in [4.69, 9.17) is 4.42 Å². The summed E-state index contributed by atoms with van der Waals surface area (Å²) in [6.07, 6.45) is 0.919. The van der Waals surface area contributed by atoms with Gasteiger partial charge in [0.1, 0.15) is 34.8 Å². The van der Waals surface area contributed by atoms with Gasteiger partial charge in [-0.2, -0.15) is 0 Å². The van der Waals surface area contributed by atoms with Crippen molar-refractivity contribution >= 4 is 28.1 Å². The molecule has 0 saturated heterocycles. The molecule has 0 aliphatic carbocycles. The van der Waals surface area contributed by atoms with E-state index in [0.717, 1.165) is 33.0 Å². The number of anilines is 1. The van der Waals surface area contributed by atoms with Gasteiger partial charge in [-0.15, -0.1) is 11.3 Å². The molecule has 2 N–H and O–H groups in total. The molecule has 0 radical (unpaired) electrons. The lowest BCUT2D eigenvalue weighted by atomic mass is 10.1. The van der Waals surface area contributed by atoms with Crippen LogP contribution in [0.3, 0.4) is 0 Å². The number of aryl methyl sites for hydroxylation is 1. The second-order valence-corrected chi connectivity index (χ2v) is 7.01. The van der Waals surface area contributed by atoms with Crippen LogP contribution in [0.4, 0.5) is 5.82 Å². The highest BCUT2D eigenvalue weighted by molar-refractivity contribution is 7.09. The maximum absolute atomic E-state index is 9.65. The second-order valence-electron chi connectivity index (χ2n) is 6.07. The van der Waals surface area contributed by atoms with Crippen molar-refractivity contribution in [2.75, 3.05) is 5.32 Å². The number of aliphatic hydroxyl groups is 1. The lowest BCUT2D eigenvalue weighted by molar-refractivity contribution is 0.170. The first kappa shape index (κ1) is 16.7. The molecule has 26 heavy (non-hydrogen) atoms. The van der Waals surface area contributed by atoms with Crippen molar-refractivity contribution < 1.29 is 9.52 Å². The molecule has 0 saturated carbocycles. The number of hydrogen-bond donors (Lipinski definition) is 2. The third-order valence-corrected chi connectivity index (χ3v) is 5.00. The van der Waals surface area contributed by atoms with Gasteiger partial charge in [0.15, 0.2) is 0 Å². The average molecular weight is 366 g/mol. The van der Waals surface area contributed by atoms with Crippen molar-refractivity contribution in [1.29, 1.82) is 0 Å². The van der Waals surface area contributed by atoms with E-state index in [9.17, 15) is 5.11 Å². The highest BCUT2D eigenvalue weighted by Gasteiger charge is 2.11. The number of aromatic nitrogens is 3. The van der Waals surface area contributed by atoms with Crippen LogP contribution in [0.25, 0.3) is 22.2 Å². The zero-order valence-corrected chi connectivity index (χ0v) is 15.2. The summed E-state index contributed by atoms with van der Waals surface area (Å²) in [6, 6.07) is 9.53. The Kier molecular flexibility index (Phi) is 4.40. The molecule has 7 heteroatoms. The van der Waals surface area contributed by atoms with Crippen LogP contribution >= 0.6 is 11.3 Å². The Morgan fingerprint density at radius 2 is 2.12 bits per heavy atom. The minimum atomic E-state index is -0.633. The standard InChI is InChI=1S/C19H18N4O2S/c1-11-9-26-18(23-11)8-20-19-14-7-13(3-4-15(14)21-10-22-19)17-6-5-16(25-17)12(2)24/h3-7,9-10,12,24H,8H2,1-2H3,(H,20,21,22). The molecule has 0 aliphatic heterocycles. The fourth-order valence-corrected chi connectivity index (χ4v) is 3.44. The Bertz CT molecular complexity index is 1050. The molecule has 1 unspecified atom stereocenters. The molecule has 3 heterocycles. The molecule has 132 valence electrons. The maximum Gasteiger partial charge on any atom is 0.137 e. The molecule has 0 spiro atoms. The predicted octanol–water partition coefficient (Wildman–Crippen LogP) is 4.32. The summed E-state index contributed by atoms with van der Waals surface area (Å²) in [4.78, 5) is 13.2. The molecule has 0 bridgehead atoms. The third kappa shape index (κ3) is 3.31. The van der Waals surface area contributed by atoms with Crippen molar-refractivity contribution in [2.24, 2.45) is 0 Å². The van der Waals surface area contributed by atoms with Gasteiger partial charge in [-0.05, 0) is 44.2 Å². The Morgan fingerprint density at radius 1 is 1.23 bits per heavy atom. The van der Waals surface area contributed by atoms with Crippen molar-refractivity contribution in [1.82, 2.24) is 15.0 Å². The van der Waals surface area contributed by atoms with E-state index in [2.05, 4.69) is 20.3 Å². The Labute approximate surface area is 154 Å². The predicted molar refractivity (Wildman–Crippen MR) is 102 cm³/mol. The van der Waals surface area contributed by atoms with E-state index in [1.165, 1.54) is 0 Å². The van der Waals surface area contributed by atoms with Crippen LogP contribution in [-0.4, -0.2) is 20.1 Å². The van der Waals surface area contributed by atoms with Gasteiger partial charge in [0, 0.05) is 22.0 Å². The molecule has 3 aromatic heterocycles. The third-order valence-electron chi connectivity index (χ3n) is 4.03. The molecular formula is C19H18N4O2S. The van der Waals surface area contributed by atoms with Crippen LogP contribution < -0.4 is 5.32 Å².